The molecule has 2 atom stereocenters. The molecule has 1 saturated heterocycles. The molecule has 0 bridgehead atoms. The van der Waals surface area contributed by atoms with Crippen molar-refractivity contribution in [1.29, 1.82) is 0 Å². The van der Waals surface area contributed by atoms with Gasteiger partial charge in [-0.2, -0.15) is 0 Å². The van der Waals surface area contributed by atoms with Crippen LogP contribution >= 0.6 is 11.8 Å². The number of rotatable bonds is 8. The van der Waals surface area contributed by atoms with Crippen molar-refractivity contribution in [2.24, 2.45) is 5.92 Å². The first-order valence-corrected chi connectivity index (χ1v) is 13.1. The Morgan fingerprint density at radius 1 is 1.15 bits per heavy atom. The van der Waals surface area contributed by atoms with E-state index in [9.17, 15) is 0 Å². The van der Waals surface area contributed by atoms with Gasteiger partial charge in [0.1, 0.15) is 0 Å². The number of benzene rings is 1. The second-order valence-corrected chi connectivity index (χ2v) is 10.4. The van der Waals surface area contributed by atoms with Crippen molar-refractivity contribution in [1.82, 2.24) is 19.9 Å². The van der Waals surface area contributed by atoms with Gasteiger partial charge < -0.3 is 14.4 Å². The van der Waals surface area contributed by atoms with Gasteiger partial charge in [0.2, 0.25) is 6.79 Å². The predicted molar refractivity (Wildman–Crippen MR) is 134 cm³/mol. The molecule has 0 amide bonds. The number of piperidine rings is 1. The molecule has 0 aliphatic carbocycles. The molecule has 2 aliphatic heterocycles. The van der Waals surface area contributed by atoms with E-state index in [1.807, 2.05) is 36.7 Å². The molecule has 4 heterocycles. The SMILES string of the molecule is Cc1cnc(SCc2ccccn2)nc1C1CCCN(CC(C)Cc2ccc3c(c2)OCO3)C1. The molecule has 34 heavy (non-hydrogen) atoms. The lowest BCUT2D eigenvalue weighted by Crippen LogP contribution is -2.38. The Balaban J connectivity index is 1.19. The Morgan fingerprint density at radius 2 is 2.06 bits per heavy atom. The zero-order valence-electron chi connectivity index (χ0n) is 19.9. The first-order valence-electron chi connectivity index (χ1n) is 12.1. The molecule has 0 N–H and O–H groups in total. The van der Waals surface area contributed by atoms with E-state index < -0.39 is 0 Å². The standard InChI is InChI=1S/C27H32N4O2S/c1-19(12-21-8-9-24-25(13-21)33-18-32-24)15-31-11-5-6-22(16-31)26-20(2)14-29-27(30-26)34-17-23-7-3-4-10-28-23/h3-4,7-10,13-14,19,22H,5-6,11-12,15-18H2,1-2H3. The van der Waals surface area contributed by atoms with Gasteiger partial charge >= 0.3 is 0 Å². The first-order chi connectivity index (χ1) is 16.6. The number of aromatic nitrogens is 3. The fourth-order valence-electron chi connectivity index (χ4n) is 4.96. The van der Waals surface area contributed by atoms with Crippen LogP contribution in [0.4, 0.5) is 0 Å². The van der Waals surface area contributed by atoms with Crippen LogP contribution < -0.4 is 9.47 Å². The van der Waals surface area contributed by atoms with Crippen LogP contribution in [0.2, 0.25) is 0 Å². The average Bonchev–Trinajstić information content (AvgIpc) is 3.32. The minimum Gasteiger partial charge on any atom is -0.454 e. The molecular weight excluding hydrogens is 444 g/mol. The van der Waals surface area contributed by atoms with Crippen LogP contribution in [-0.4, -0.2) is 46.3 Å². The van der Waals surface area contributed by atoms with Crippen LogP contribution in [0.15, 0.2) is 53.9 Å². The number of pyridine rings is 1. The molecule has 0 saturated carbocycles. The van der Waals surface area contributed by atoms with Crippen molar-refractivity contribution < 1.29 is 9.47 Å². The number of aryl methyl sites for hydroxylation is 1. The summed E-state index contributed by atoms with van der Waals surface area (Å²) in [6, 6.07) is 12.3. The second-order valence-electron chi connectivity index (χ2n) is 9.43. The van der Waals surface area contributed by atoms with Gasteiger partial charge in [-0.05, 0) is 74.0 Å². The Hall–Kier alpha value is -2.64. The molecule has 7 heteroatoms. The van der Waals surface area contributed by atoms with E-state index in [1.165, 1.54) is 29.7 Å². The van der Waals surface area contributed by atoms with Gasteiger partial charge in [-0.25, -0.2) is 9.97 Å². The van der Waals surface area contributed by atoms with E-state index in [0.29, 0.717) is 18.6 Å². The number of ether oxygens (including phenoxy) is 2. The number of likely N-dealkylation sites (tertiary alicyclic amines) is 1. The lowest BCUT2D eigenvalue weighted by Gasteiger charge is -2.34. The monoisotopic (exact) mass is 476 g/mol. The average molecular weight is 477 g/mol. The summed E-state index contributed by atoms with van der Waals surface area (Å²) in [4.78, 5) is 16.6. The van der Waals surface area contributed by atoms with Gasteiger partial charge in [0.25, 0.3) is 0 Å². The van der Waals surface area contributed by atoms with Gasteiger partial charge in [-0.3, -0.25) is 4.98 Å². The lowest BCUT2D eigenvalue weighted by molar-refractivity contribution is 0.174. The van der Waals surface area contributed by atoms with E-state index in [2.05, 4.69) is 40.8 Å². The molecule has 5 rings (SSSR count). The molecule has 0 radical (unpaired) electrons. The van der Waals surface area contributed by atoms with Crippen molar-refractivity contribution in [3.05, 3.63) is 71.3 Å². The van der Waals surface area contributed by atoms with Crippen LogP contribution in [0.5, 0.6) is 11.5 Å². The summed E-state index contributed by atoms with van der Waals surface area (Å²) < 4.78 is 11.0. The molecule has 6 nitrogen and oxygen atoms in total. The van der Waals surface area contributed by atoms with Crippen LogP contribution in [0.3, 0.4) is 0 Å². The van der Waals surface area contributed by atoms with E-state index in [0.717, 1.165) is 54.2 Å². The van der Waals surface area contributed by atoms with Gasteiger partial charge in [0, 0.05) is 37.2 Å². The van der Waals surface area contributed by atoms with Gasteiger partial charge in [-0.1, -0.05) is 30.8 Å². The topological polar surface area (TPSA) is 60.4 Å². The van der Waals surface area contributed by atoms with Crippen LogP contribution in [0.25, 0.3) is 0 Å². The molecular formula is C27H32N4O2S. The highest BCUT2D eigenvalue weighted by atomic mass is 32.2. The number of thioether (sulfide) groups is 1. The summed E-state index contributed by atoms with van der Waals surface area (Å²) in [5, 5.41) is 0.847. The Kier molecular flexibility index (Phi) is 7.30. The van der Waals surface area contributed by atoms with Crippen molar-refractivity contribution in [2.75, 3.05) is 26.4 Å². The third kappa shape index (κ3) is 5.70. The maximum absolute atomic E-state index is 5.55. The van der Waals surface area contributed by atoms with Crippen molar-refractivity contribution in [3.63, 3.8) is 0 Å². The van der Waals surface area contributed by atoms with Crippen molar-refractivity contribution in [3.8, 4) is 11.5 Å². The van der Waals surface area contributed by atoms with E-state index in [4.69, 9.17) is 14.5 Å². The second kappa shape index (κ2) is 10.7. The highest BCUT2D eigenvalue weighted by Crippen LogP contribution is 2.34. The van der Waals surface area contributed by atoms with Crippen molar-refractivity contribution >= 4 is 11.8 Å². The summed E-state index contributed by atoms with van der Waals surface area (Å²) in [7, 11) is 0. The Labute approximate surface area is 206 Å². The fourth-order valence-corrected chi connectivity index (χ4v) is 5.70. The number of hydrogen-bond donors (Lipinski definition) is 0. The molecule has 3 aromatic rings. The lowest BCUT2D eigenvalue weighted by atomic mass is 9.91. The number of hydrogen-bond acceptors (Lipinski definition) is 7. The Bertz CT molecular complexity index is 1110. The minimum atomic E-state index is 0.329. The third-order valence-electron chi connectivity index (χ3n) is 6.55. The quantitative estimate of drug-likeness (QED) is 0.325. The highest BCUT2D eigenvalue weighted by molar-refractivity contribution is 7.98. The normalized spacial score (nSPS) is 18.7. The Morgan fingerprint density at radius 3 is 2.94 bits per heavy atom. The van der Waals surface area contributed by atoms with Crippen molar-refractivity contribution in [2.45, 2.75) is 49.9 Å². The van der Waals surface area contributed by atoms with Crippen LogP contribution in [-0.2, 0) is 12.2 Å². The zero-order valence-corrected chi connectivity index (χ0v) is 20.8. The minimum absolute atomic E-state index is 0.329. The summed E-state index contributed by atoms with van der Waals surface area (Å²) in [5.74, 6) is 3.54. The van der Waals surface area contributed by atoms with Crippen LogP contribution in [0.1, 0.15) is 48.2 Å². The number of nitrogens with zero attached hydrogens (tertiary/aromatic N) is 4. The predicted octanol–water partition coefficient (Wildman–Crippen LogP) is 5.26. The van der Waals surface area contributed by atoms with E-state index >= 15 is 0 Å². The molecule has 1 aromatic carbocycles. The maximum Gasteiger partial charge on any atom is 0.231 e. The summed E-state index contributed by atoms with van der Waals surface area (Å²) >= 11 is 1.66. The maximum atomic E-state index is 5.55. The van der Waals surface area contributed by atoms with Gasteiger partial charge in [-0.15, -0.1) is 0 Å². The first kappa shape index (κ1) is 23.1. The van der Waals surface area contributed by atoms with Gasteiger partial charge in [0.05, 0.1) is 11.4 Å². The number of fused-ring (bicyclic) bond motifs is 1. The molecule has 2 aliphatic rings. The van der Waals surface area contributed by atoms with E-state index in [-0.39, 0.29) is 0 Å². The zero-order chi connectivity index (χ0) is 23.3. The molecule has 178 valence electrons. The molecule has 2 unspecified atom stereocenters. The molecule has 1 fully saturated rings. The highest BCUT2D eigenvalue weighted by Gasteiger charge is 2.25. The summed E-state index contributed by atoms with van der Waals surface area (Å²) in [6.45, 7) is 8.13. The smallest absolute Gasteiger partial charge is 0.231 e. The largest absolute Gasteiger partial charge is 0.454 e. The van der Waals surface area contributed by atoms with Crippen LogP contribution in [0, 0.1) is 12.8 Å². The summed E-state index contributed by atoms with van der Waals surface area (Å²) in [6.07, 6.45) is 7.26. The van der Waals surface area contributed by atoms with Gasteiger partial charge in [0.15, 0.2) is 16.7 Å². The third-order valence-corrected chi connectivity index (χ3v) is 7.44. The fraction of sp³-hybridized carbons (Fsp3) is 0.444. The van der Waals surface area contributed by atoms with E-state index in [1.54, 1.807) is 11.8 Å². The molecule has 2 aromatic heterocycles. The summed E-state index contributed by atoms with van der Waals surface area (Å²) in [5.41, 5.74) is 4.78. The molecule has 0 spiro atoms.